The number of benzene rings is 3. The number of nitriles is 1. The Balaban J connectivity index is 2.19. The third-order valence-corrected chi connectivity index (χ3v) is 6.50. The molecule has 0 saturated heterocycles. The van der Waals surface area contributed by atoms with E-state index in [2.05, 4.69) is 9.46 Å². The molecule has 0 aliphatic rings. The number of sulfonamides is 1. The molecule has 0 spiro atoms. The van der Waals surface area contributed by atoms with Crippen LogP contribution in [0.4, 0.5) is 18.9 Å². The van der Waals surface area contributed by atoms with Gasteiger partial charge in [0.15, 0.2) is 0 Å². The van der Waals surface area contributed by atoms with Gasteiger partial charge in [-0.15, -0.1) is 0 Å². The maximum absolute atomic E-state index is 13.4. The van der Waals surface area contributed by atoms with Crippen molar-refractivity contribution in [3.63, 3.8) is 0 Å². The van der Waals surface area contributed by atoms with E-state index in [9.17, 15) is 26.4 Å². The Morgan fingerprint density at radius 1 is 1.09 bits per heavy atom. The average Bonchev–Trinajstić information content (AvgIpc) is 2.82. The second-order valence-electron chi connectivity index (χ2n) is 7.22. The van der Waals surface area contributed by atoms with Gasteiger partial charge in [0.05, 0.1) is 40.5 Å². The van der Waals surface area contributed by atoms with Gasteiger partial charge < -0.3 is 4.74 Å². The molecule has 6 nitrogen and oxygen atoms in total. The number of hydrogen-bond donors (Lipinski definition) is 1. The van der Waals surface area contributed by atoms with Crippen LogP contribution in [0.2, 0.25) is 0 Å². The van der Waals surface area contributed by atoms with E-state index in [0.29, 0.717) is 17.2 Å². The number of ether oxygens (including phenoxy) is 1. The highest BCUT2D eigenvalue weighted by Gasteiger charge is 2.32. The van der Waals surface area contributed by atoms with Crippen LogP contribution >= 0.6 is 0 Å². The number of alkyl halides is 3. The minimum Gasteiger partial charge on any atom is -0.465 e. The van der Waals surface area contributed by atoms with Crippen LogP contribution in [0.15, 0.2) is 65.6 Å². The number of methoxy groups -OCH3 is 1. The van der Waals surface area contributed by atoms with Crippen molar-refractivity contribution < 1.29 is 31.1 Å². The summed E-state index contributed by atoms with van der Waals surface area (Å²) in [5, 5.41) is 9.16. The lowest BCUT2D eigenvalue weighted by Gasteiger charge is -2.17. The number of nitrogens with zero attached hydrogens (tertiary/aromatic N) is 1. The van der Waals surface area contributed by atoms with E-state index in [-0.39, 0.29) is 33.7 Å². The number of halogens is 3. The Hall–Kier alpha value is -3.84. The van der Waals surface area contributed by atoms with Gasteiger partial charge in [-0.25, -0.2) is 13.2 Å². The maximum Gasteiger partial charge on any atom is 0.416 e. The van der Waals surface area contributed by atoms with E-state index in [1.165, 1.54) is 24.3 Å². The zero-order valence-electron chi connectivity index (χ0n) is 18.1. The van der Waals surface area contributed by atoms with Crippen LogP contribution in [0.5, 0.6) is 0 Å². The first-order valence-corrected chi connectivity index (χ1v) is 11.4. The Kier molecular flexibility index (Phi) is 6.98. The van der Waals surface area contributed by atoms with Gasteiger partial charge in [-0.2, -0.15) is 18.4 Å². The minimum atomic E-state index is -4.72. The lowest BCUT2D eigenvalue weighted by molar-refractivity contribution is -0.137. The number of nitrogens with one attached hydrogen (secondary N) is 1. The summed E-state index contributed by atoms with van der Waals surface area (Å²) in [5.41, 5.74) is -0.281. The van der Waals surface area contributed by atoms with E-state index < -0.39 is 27.7 Å². The van der Waals surface area contributed by atoms with Gasteiger partial charge in [0.25, 0.3) is 10.0 Å². The Morgan fingerprint density at radius 2 is 1.82 bits per heavy atom. The summed E-state index contributed by atoms with van der Waals surface area (Å²) in [4.78, 5) is 11.7. The second-order valence-corrected chi connectivity index (χ2v) is 8.87. The summed E-state index contributed by atoms with van der Waals surface area (Å²) >= 11 is 0. The highest BCUT2D eigenvalue weighted by molar-refractivity contribution is 7.92. The average molecular weight is 488 g/mol. The predicted molar refractivity (Wildman–Crippen MR) is 120 cm³/mol. The van der Waals surface area contributed by atoms with Crippen LogP contribution in [-0.4, -0.2) is 21.5 Å². The van der Waals surface area contributed by atoms with Crippen LogP contribution in [-0.2, 0) is 27.4 Å². The molecular formula is C24H19F3N2O4S. The summed E-state index contributed by atoms with van der Waals surface area (Å²) in [6.07, 6.45) is -4.43. The number of carbonyl (C=O) groups excluding carboxylic acids is 1. The number of carbonyl (C=O) groups is 1. The fourth-order valence-electron chi connectivity index (χ4n) is 3.35. The summed E-state index contributed by atoms with van der Waals surface area (Å²) in [6, 6.07) is 14.6. The summed E-state index contributed by atoms with van der Waals surface area (Å²) in [6.45, 7) is 1.70. The first kappa shape index (κ1) is 24.8. The fourth-order valence-corrected chi connectivity index (χ4v) is 4.76. The van der Waals surface area contributed by atoms with Crippen LogP contribution in [0.3, 0.4) is 0 Å². The highest BCUT2D eigenvalue weighted by atomic mass is 32.2. The highest BCUT2D eigenvalue weighted by Crippen LogP contribution is 2.37. The van der Waals surface area contributed by atoms with Crippen molar-refractivity contribution in [1.82, 2.24) is 0 Å². The third-order valence-electron chi connectivity index (χ3n) is 5.05. The standard InChI is InChI=1S/C24H19F3N2O4S/c1-3-16-7-8-18(23(30)33-2)12-22(16)34(31,32)29-21-13-19(24(25,26)27)9-10-20(21)17-6-4-5-15(11-17)14-28/h4-13,29H,3H2,1-2H3. The summed E-state index contributed by atoms with van der Waals surface area (Å²) < 4.78 is 73.7. The van der Waals surface area contributed by atoms with Gasteiger partial charge in [-0.1, -0.05) is 31.2 Å². The predicted octanol–water partition coefficient (Wildman–Crippen LogP) is 5.39. The number of rotatable bonds is 6. The van der Waals surface area contributed by atoms with Gasteiger partial charge in [-0.3, -0.25) is 4.72 Å². The number of esters is 1. The molecule has 0 fully saturated rings. The molecule has 3 rings (SSSR count). The Labute approximate surface area is 194 Å². The second kappa shape index (κ2) is 9.57. The van der Waals surface area contributed by atoms with Crippen LogP contribution < -0.4 is 4.72 Å². The lowest BCUT2D eigenvalue weighted by Crippen LogP contribution is -2.17. The number of hydrogen-bond acceptors (Lipinski definition) is 5. The monoisotopic (exact) mass is 488 g/mol. The maximum atomic E-state index is 13.4. The van der Waals surface area contributed by atoms with E-state index in [0.717, 1.165) is 25.3 Å². The largest absolute Gasteiger partial charge is 0.465 e. The summed E-state index contributed by atoms with van der Waals surface area (Å²) in [5.74, 6) is -0.757. The van der Waals surface area contributed by atoms with Crippen LogP contribution in [0.1, 0.15) is 34.0 Å². The lowest BCUT2D eigenvalue weighted by atomic mass is 10.00. The topological polar surface area (TPSA) is 96.3 Å². The van der Waals surface area contributed by atoms with E-state index in [1.54, 1.807) is 19.1 Å². The molecule has 3 aromatic carbocycles. The zero-order chi connectivity index (χ0) is 25.1. The Bertz CT molecular complexity index is 1390. The van der Waals surface area contributed by atoms with Crippen molar-refractivity contribution in [2.75, 3.05) is 11.8 Å². The number of aryl methyl sites for hydroxylation is 1. The van der Waals surface area contributed by atoms with E-state index >= 15 is 0 Å². The molecule has 0 radical (unpaired) electrons. The molecule has 0 aliphatic heterocycles. The van der Waals surface area contributed by atoms with E-state index in [4.69, 9.17) is 5.26 Å². The smallest absolute Gasteiger partial charge is 0.416 e. The molecule has 10 heteroatoms. The van der Waals surface area contributed by atoms with Crippen molar-refractivity contribution in [2.45, 2.75) is 24.4 Å². The van der Waals surface area contributed by atoms with Crippen molar-refractivity contribution in [2.24, 2.45) is 0 Å². The van der Waals surface area contributed by atoms with E-state index in [1.807, 2.05) is 6.07 Å². The quantitative estimate of drug-likeness (QED) is 0.469. The molecule has 0 saturated carbocycles. The van der Waals surface area contributed by atoms with Gasteiger partial charge in [0, 0.05) is 5.56 Å². The van der Waals surface area contributed by atoms with Crippen molar-refractivity contribution in [3.8, 4) is 17.2 Å². The summed E-state index contributed by atoms with van der Waals surface area (Å²) in [7, 11) is -3.27. The zero-order valence-corrected chi connectivity index (χ0v) is 18.9. The number of anilines is 1. The fraction of sp³-hybridized carbons (Fsp3) is 0.167. The van der Waals surface area contributed by atoms with Gasteiger partial charge in [-0.05, 0) is 53.9 Å². The minimum absolute atomic E-state index is 0.0222. The normalized spacial score (nSPS) is 11.5. The van der Waals surface area contributed by atoms with Gasteiger partial charge in [0.2, 0.25) is 0 Å². The molecule has 176 valence electrons. The first-order chi connectivity index (χ1) is 16.0. The SMILES string of the molecule is CCc1ccc(C(=O)OC)cc1S(=O)(=O)Nc1cc(C(F)(F)F)ccc1-c1cccc(C#N)c1. The molecule has 0 atom stereocenters. The molecule has 0 amide bonds. The van der Waals surface area contributed by atoms with Crippen molar-refractivity contribution in [1.29, 1.82) is 5.26 Å². The van der Waals surface area contributed by atoms with Crippen molar-refractivity contribution >= 4 is 21.7 Å². The first-order valence-electron chi connectivity index (χ1n) is 9.96. The molecule has 3 aromatic rings. The molecule has 0 bridgehead atoms. The molecule has 0 unspecified atom stereocenters. The van der Waals surface area contributed by atoms with Gasteiger partial charge in [0.1, 0.15) is 0 Å². The van der Waals surface area contributed by atoms with Gasteiger partial charge >= 0.3 is 12.1 Å². The molecule has 1 N–H and O–H groups in total. The molecule has 0 aliphatic carbocycles. The Morgan fingerprint density at radius 3 is 2.44 bits per heavy atom. The third kappa shape index (κ3) is 5.21. The molecular weight excluding hydrogens is 469 g/mol. The molecule has 0 aromatic heterocycles. The molecule has 34 heavy (non-hydrogen) atoms. The molecule has 0 heterocycles. The van der Waals surface area contributed by atoms with Crippen LogP contribution in [0, 0.1) is 11.3 Å². The van der Waals surface area contributed by atoms with Crippen molar-refractivity contribution in [3.05, 3.63) is 82.9 Å². The van der Waals surface area contributed by atoms with Crippen LogP contribution in [0.25, 0.3) is 11.1 Å².